The van der Waals surface area contributed by atoms with Crippen LogP contribution in [0, 0.1) is 0 Å². The summed E-state index contributed by atoms with van der Waals surface area (Å²) in [7, 11) is 6.19. The highest BCUT2D eigenvalue weighted by Crippen LogP contribution is 2.32. The minimum absolute atomic E-state index is 0.0430. The van der Waals surface area contributed by atoms with Crippen molar-refractivity contribution in [3.05, 3.63) is 47.5 Å². The van der Waals surface area contributed by atoms with Crippen LogP contribution in [-0.2, 0) is 11.3 Å². The smallest absolute Gasteiger partial charge is 0.223 e. The summed E-state index contributed by atoms with van der Waals surface area (Å²) in [5.41, 5.74) is 1.35. The van der Waals surface area contributed by atoms with Crippen LogP contribution in [0.3, 0.4) is 0 Å². The van der Waals surface area contributed by atoms with E-state index in [9.17, 15) is 9.59 Å². The third kappa shape index (κ3) is 4.13. The third-order valence-corrected chi connectivity index (χ3v) is 5.10. The van der Waals surface area contributed by atoms with Crippen molar-refractivity contribution in [2.45, 2.75) is 25.4 Å². The van der Waals surface area contributed by atoms with Crippen molar-refractivity contribution in [1.82, 2.24) is 4.90 Å². The van der Waals surface area contributed by atoms with Crippen molar-refractivity contribution in [3.8, 4) is 23.0 Å². The van der Waals surface area contributed by atoms with Gasteiger partial charge in [-0.25, -0.2) is 0 Å². The molecule has 0 spiro atoms. The lowest BCUT2D eigenvalue weighted by molar-refractivity contribution is -0.129. The SMILES string of the molecule is COc1ccc(CN2C(=O)CCC2C(=O)c2ccc(OC)c(OC)c2)cc1OC. The van der Waals surface area contributed by atoms with Gasteiger partial charge in [0.05, 0.1) is 34.5 Å². The number of Topliss-reactive ketones (excluding diaryl/α,β-unsaturated/α-hetero) is 1. The van der Waals surface area contributed by atoms with Gasteiger partial charge in [0.1, 0.15) is 0 Å². The summed E-state index contributed by atoms with van der Waals surface area (Å²) in [5, 5.41) is 0. The first-order chi connectivity index (χ1) is 14.0. The Bertz CT molecular complexity index is 910. The number of ketones is 1. The van der Waals surface area contributed by atoms with E-state index < -0.39 is 6.04 Å². The van der Waals surface area contributed by atoms with Crippen LogP contribution in [0.15, 0.2) is 36.4 Å². The van der Waals surface area contributed by atoms with Gasteiger partial charge < -0.3 is 23.8 Å². The second kappa shape index (κ2) is 8.86. The maximum atomic E-state index is 13.1. The molecule has 7 heteroatoms. The van der Waals surface area contributed by atoms with Gasteiger partial charge in [-0.2, -0.15) is 0 Å². The summed E-state index contributed by atoms with van der Waals surface area (Å²) in [5.74, 6) is 2.07. The first-order valence-electron chi connectivity index (χ1n) is 9.29. The van der Waals surface area contributed by atoms with Gasteiger partial charge in [-0.1, -0.05) is 6.07 Å². The van der Waals surface area contributed by atoms with Crippen LogP contribution in [-0.4, -0.2) is 51.1 Å². The normalized spacial score (nSPS) is 15.9. The molecule has 0 radical (unpaired) electrons. The molecule has 1 unspecified atom stereocenters. The quantitative estimate of drug-likeness (QED) is 0.635. The van der Waals surface area contributed by atoms with Crippen molar-refractivity contribution >= 4 is 11.7 Å². The molecule has 1 aliphatic heterocycles. The van der Waals surface area contributed by atoms with Crippen LogP contribution in [0.25, 0.3) is 0 Å². The van der Waals surface area contributed by atoms with Gasteiger partial charge in [0.2, 0.25) is 5.91 Å². The van der Waals surface area contributed by atoms with Gasteiger partial charge in [0.25, 0.3) is 0 Å². The van der Waals surface area contributed by atoms with Gasteiger partial charge >= 0.3 is 0 Å². The van der Waals surface area contributed by atoms with E-state index in [1.807, 2.05) is 12.1 Å². The van der Waals surface area contributed by atoms with Crippen molar-refractivity contribution in [2.75, 3.05) is 28.4 Å². The van der Waals surface area contributed by atoms with E-state index in [1.165, 1.54) is 7.11 Å². The third-order valence-electron chi connectivity index (χ3n) is 5.10. The molecule has 1 saturated heterocycles. The number of nitrogens with zero attached hydrogens (tertiary/aromatic N) is 1. The van der Waals surface area contributed by atoms with E-state index in [2.05, 4.69) is 0 Å². The zero-order valence-corrected chi connectivity index (χ0v) is 17.1. The molecule has 7 nitrogen and oxygen atoms in total. The Morgan fingerprint density at radius 1 is 0.897 bits per heavy atom. The fourth-order valence-electron chi connectivity index (χ4n) is 3.56. The van der Waals surface area contributed by atoms with E-state index >= 15 is 0 Å². The monoisotopic (exact) mass is 399 g/mol. The van der Waals surface area contributed by atoms with Crippen LogP contribution >= 0.6 is 0 Å². The van der Waals surface area contributed by atoms with E-state index in [0.29, 0.717) is 47.9 Å². The molecular weight excluding hydrogens is 374 g/mol. The minimum Gasteiger partial charge on any atom is -0.493 e. The van der Waals surface area contributed by atoms with Crippen LogP contribution in [0.2, 0.25) is 0 Å². The number of rotatable bonds is 8. The minimum atomic E-state index is -0.520. The maximum absolute atomic E-state index is 13.1. The van der Waals surface area contributed by atoms with E-state index in [1.54, 1.807) is 50.5 Å². The van der Waals surface area contributed by atoms with Gasteiger partial charge in [-0.3, -0.25) is 9.59 Å². The predicted molar refractivity (Wildman–Crippen MR) is 107 cm³/mol. The second-order valence-electron chi connectivity index (χ2n) is 6.70. The van der Waals surface area contributed by atoms with E-state index in [-0.39, 0.29) is 11.7 Å². The zero-order chi connectivity index (χ0) is 21.0. The molecule has 1 aliphatic rings. The Kier molecular flexibility index (Phi) is 6.26. The number of carbonyl (C=O) groups excluding carboxylic acids is 2. The van der Waals surface area contributed by atoms with Crippen LogP contribution in [0.4, 0.5) is 0 Å². The molecule has 0 aromatic heterocycles. The topological polar surface area (TPSA) is 74.3 Å². The lowest BCUT2D eigenvalue weighted by Crippen LogP contribution is -2.38. The Morgan fingerprint density at radius 2 is 1.48 bits per heavy atom. The van der Waals surface area contributed by atoms with Crippen LogP contribution in [0.5, 0.6) is 23.0 Å². The molecule has 1 atom stereocenters. The molecule has 2 aromatic rings. The molecule has 3 rings (SSSR count). The van der Waals surface area contributed by atoms with Crippen LogP contribution in [0.1, 0.15) is 28.8 Å². The molecule has 154 valence electrons. The average Bonchev–Trinajstić information content (AvgIpc) is 3.12. The van der Waals surface area contributed by atoms with Gasteiger partial charge in [-0.05, 0) is 42.3 Å². The Labute approximate surface area is 170 Å². The molecule has 0 aliphatic carbocycles. The number of carbonyl (C=O) groups is 2. The summed E-state index contributed by atoms with van der Waals surface area (Å²) in [6.45, 7) is 0.322. The highest BCUT2D eigenvalue weighted by atomic mass is 16.5. The van der Waals surface area contributed by atoms with Crippen molar-refractivity contribution in [2.24, 2.45) is 0 Å². The number of methoxy groups -OCH3 is 4. The van der Waals surface area contributed by atoms with Gasteiger partial charge in [-0.15, -0.1) is 0 Å². The fraction of sp³-hybridized carbons (Fsp3) is 0.364. The number of benzene rings is 2. The zero-order valence-electron chi connectivity index (χ0n) is 17.1. The molecule has 1 fully saturated rings. The molecule has 0 saturated carbocycles. The molecular formula is C22H25NO6. The average molecular weight is 399 g/mol. The number of likely N-dealkylation sites (tertiary alicyclic amines) is 1. The van der Waals surface area contributed by atoms with Crippen molar-refractivity contribution in [1.29, 1.82) is 0 Å². The van der Waals surface area contributed by atoms with Gasteiger partial charge in [0.15, 0.2) is 28.8 Å². The second-order valence-corrected chi connectivity index (χ2v) is 6.70. The van der Waals surface area contributed by atoms with E-state index in [0.717, 1.165) is 5.56 Å². The lowest BCUT2D eigenvalue weighted by Gasteiger charge is -2.24. The fourth-order valence-corrected chi connectivity index (χ4v) is 3.56. The molecule has 1 heterocycles. The summed E-state index contributed by atoms with van der Waals surface area (Å²) in [4.78, 5) is 27.3. The standard InChI is InChI=1S/C22H25NO6/c1-26-17-8-5-14(11-19(17)28-3)13-23-16(7-10-21(23)24)22(25)15-6-9-18(27-2)20(12-15)29-4/h5-6,8-9,11-12,16H,7,10,13H2,1-4H3. The van der Waals surface area contributed by atoms with Crippen LogP contribution < -0.4 is 18.9 Å². The first-order valence-corrected chi connectivity index (χ1v) is 9.29. The van der Waals surface area contributed by atoms with Crippen molar-refractivity contribution in [3.63, 3.8) is 0 Å². The Morgan fingerprint density at radius 3 is 2.10 bits per heavy atom. The lowest BCUT2D eigenvalue weighted by atomic mass is 10.0. The summed E-state index contributed by atoms with van der Waals surface area (Å²) in [6, 6.07) is 10.0. The maximum Gasteiger partial charge on any atom is 0.223 e. The number of ether oxygens (including phenoxy) is 4. The highest BCUT2D eigenvalue weighted by molar-refractivity contribution is 6.03. The molecule has 2 aromatic carbocycles. The predicted octanol–water partition coefficient (Wildman–Crippen LogP) is 3.09. The Balaban J connectivity index is 1.84. The Hall–Kier alpha value is -3.22. The molecule has 0 N–H and O–H groups in total. The van der Waals surface area contributed by atoms with E-state index in [4.69, 9.17) is 18.9 Å². The number of hydrogen-bond acceptors (Lipinski definition) is 6. The number of amides is 1. The largest absolute Gasteiger partial charge is 0.493 e. The number of hydrogen-bond donors (Lipinski definition) is 0. The molecule has 0 bridgehead atoms. The molecule has 1 amide bonds. The summed E-state index contributed by atoms with van der Waals surface area (Å²) in [6.07, 6.45) is 0.830. The highest BCUT2D eigenvalue weighted by Gasteiger charge is 2.36. The van der Waals surface area contributed by atoms with Crippen molar-refractivity contribution < 1.29 is 28.5 Å². The summed E-state index contributed by atoms with van der Waals surface area (Å²) < 4.78 is 21.1. The van der Waals surface area contributed by atoms with Gasteiger partial charge in [0, 0.05) is 18.5 Å². The summed E-state index contributed by atoms with van der Waals surface area (Å²) >= 11 is 0. The first kappa shape index (κ1) is 20.5. The molecule has 29 heavy (non-hydrogen) atoms.